The Morgan fingerprint density at radius 1 is 1.24 bits per heavy atom. The van der Waals surface area contributed by atoms with E-state index in [2.05, 4.69) is 26.6 Å². The second-order valence-electron chi connectivity index (χ2n) is 5.67. The Bertz CT molecular complexity index is 510. The summed E-state index contributed by atoms with van der Waals surface area (Å²) in [5.74, 6) is -0.113. The Kier molecular flexibility index (Phi) is 5.67. The van der Waals surface area contributed by atoms with Gasteiger partial charge >= 0.3 is 6.18 Å². The lowest BCUT2D eigenvalue weighted by atomic mass is 10.1. The molecule has 0 spiro atoms. The minimum Gasteiger partial charge on any atom is -0.384 e. The Hall–Kier alpha value is -1.24. The summed E-state index contributed by atoms with van der Waals surface area (Å²) >= 11 is 3.09. The number of carbonyl (C=O) groups is 1. The Labute approximate surface area is 130 Å². The second-order valence-corrected chi connectivity index (χ2v) is 6.52. The SMILES string of the molecule is CC(C)(C)NC(=O)CCNc1ccc(C(F)(F)F)cc1Br. The van der Waals surface area contributed by atoms with Crippen LogP contribution < -0.4 is 10.6 Å². The molecule has 0 saturated carbocycles. The van der Waals surface area contributed by atoms with Crippen molar-refractivity contribution < 1.29 is 18.0 Å². The van der Waals surface area contributed by atoms with Crippen molar-refractivity contribution in [3.8, 4) is 0 Å². The van der Waals surface area contributed by atoms with Gasteiger partial charge in [0.1, 0.15) is 0 Å². The number of alkyl halides is 3. The van der Waals surface area contributed by atoms with Crippen LogP contribution in [0, 0.1) is 0 Å². The number of rotatable bonds is 4. The van der Waals surface area contributed by atoms with Gasteiger partial charge in [-0.05, 0) is 54.9 Å². The molecule has 1 aromatic carbocycles. The molecule has 0 aliphatic rings. The minimum atomic E-state index is -4.37. The summed E-state index contributed by atoms with van der Waals surface area (Å²) < 4.78 is 37.9. The van der Waals surface area contributed by atoms with E-state index in [-0.39, 0.29) is 17.9 Å². The molecule has 0 bridgehead atoms. The van der Waals surface area contributed by atoms with Crippen molar-refractivity contribution in [2.24, 2.45) is 0 Å². The van der Waals surface area contributed by atoms with Gasteiger partial charge in [-0.2, -0.15) is 13.2 Å². The summed E-state index contributed by atoms with van der Waals surface area (Å²) in [5.41, 5.74) is -0.497. The zero-order valence-corrected chi connectivity index (χ0v) is 13.7. The lowest BCUT2D eigenvalue weighted by Crippen LogP contribution is -2.41. The first-order valence-corrected chi connectivity index (χ1v) is 7.20. The van der Waals surface area contributed by atoms with Crippen LogP contribution in [-0.2, 0) is 11.0 Å². The van der Waals surface area contributed by atoms with Gasteiger partial charge < -0.3 is 10.6 Å². The van der Waals surface area contributed by atoms with Crippen molar-refractivity contribution in [1.82, 2.24) is 5.32 Å². The van der Waals surface area contributed by atoms with Crippen LogP contribution in [0.15, 0.2) is 22.7 Å². The van der Waals surface area contributed by atoms with Gasteiger partial charge in [-0.15, -0.1) is 0 Å². The molecule has 3 nitrogen and oxygen atoms in total. The van der Waals surface area contributed by atoms with Gasteiger partial charge in [-0.1, -0.05) is 0 Å². The number of hydrogen-bond acceptors (Lipinski definition) is 2. The second kappa shape index (κ2) is 6.68. The average molecular weight is 367 g/mol. The van der Waals surface area contributed by atoms with Gasteiger partial charge in [0.2, 0.25) is 5.91 Å². The van der Waals surface area contributed by atoms with E-state index in [0.29, 0.717) is 16.7 Å². The Balaban J connectivity index is 2.55. The topological polar surface area (TPSA) is 41.1 Å². The predicted molar refractivity (Wildman–Crippen MR) is 80.1 cm³/mol. The van der Waals surface area contributed by atoms with Crippen molar-refractivity contribution in [1.29, 1.82) is 0 Å². The molecule has 0 heterocycles. The first-order valence-electron chi connectivity index (χ1n) is 6.41. The van der Waals surface area contributed by atoms with Crippen LogP contribution in [0.4, 0.5) is 18.9 Å². The number of carbonyl (C=O) groups excluding carboxylic acids is 1. The third kappa shape index (κ3) is 6.37. The highest BCUT2D eigenvalue weighted by molar-refractivity contribution is 9.10. The number of amides is 1. The van der Waals surface area contributed by atoms with E-state index in [4.69, 9.17) is 0 Å². The van der Waals surface area contributed by atoms with Crippen LogP contribution in [0.5, 0.6) is 0 Å². The lowest BCUT2D eigenvalue weighted by Gasteiger charge is -2.20. The predicted octanol–water partition coefficient (Wildman–Crippen LogP) is 4.18. The highest BCUT2D eigenvalue weighted by Gasteiger charge is 2.30. The molecule has 1 amide bonds. The fourth-order valence-corrected chi connectivity index (χ4v) is 2.15. The number of nitrogens with one attached hydrogen (secondary N) is 2. The van der Waals surface area contributed by atoms with Gasteiger partial charge in [0.25, 0.3) is 0 Å². The Morgan fingerprint density at radius 2 is 1.86 bits per heavy atom. The first kappa shape index (κ1) is 17.8. The van der Waals surface area contributed by atoms with Crippen LogP contribution in [0.2, 0.25) is 0 Å². The molecule has 1 rings (SSSR count). The molecule has 0 aromatic heterocycles. The van der Waals surface area contributed by atoms with E-state index >= 15 is 0 Å². The quantitative estimate of drug-likeness (QED) is 0.838. The van der Waals surface area contributed by atoms with Crippen LogP contribution in [-0.4, -0.2) is 18.0 Å². The van der Waals surface area contributed by atoms with Crippen molar-refractivity contribution >= 4 is 27.5 Å². The third-order valence-electron chi connectivity index (χ3n) is 2.48. The lowest BCUT2D eigenvalue weighted by molar-refractivity contribution is -0.137. The first-order chi connectivity index (χ1) is 9.49. The molecule has 1 aromatic rings. The molecular formula is C14H18BrF3N2O. The van der Waals surface area contributed by atoms with E-state index < -0.39 is 11.7 Å². The van der Waals surface area contributed by atoms with Gasteiger partial charge in [-0.25, -0.2) is 0 Å². The summed E-state index contributed by atoms with van der Waals surface area (Å²) in [4.78, 5) is 11.6. The number of benzene rings is 1. The normalized spacial score (nSPS) is 12.1. The zero-order valence-electron chi connectivity index (χ0n) is 12.1. The summed E-state index contributed by atoms with van der Waals surface area (Å²) in [6.45, 7) is 5.98. The number of anilines is 1. The number of hydrogen-bond donors (Lipinski definition) is 2. The van der Waals surface area contributed by atoms with Gasteiger partial charge in [0, 0.05) is 28.7 Å². The van der Waals surface area contributed by atoms with E-state index in [1.807, 2.05) is 20.8 Å². The third-order valence-corrected chi connectivity index (χ3v) is 3.13. The maximum absolute atomic E-state index is 12.5. The minimum absolute atomic E-state index is 0.113. The molecule has 2 N–H and O–H groups in total. The fourth-order valence-electron chi connectivity index (χ4n) is 1.63. The van der Waals surface area contributed by atoms with E-state index in [9.17, 15) is 18.0 Å². The van der Waals surface area contributed by atoms with E-state index in [0.717, 1.165) is 12.1 Å². The van der Waals surface area contributed by atoms with Crippen molar-refractivity contribution in [2.45, 2.75) is 38.9 Å². The highest BCUT2D eigenvalue weighted by Crippen LogP contribution is 2.33. The van der Waals surface area contributed by atoms with Gasteiger partial charge in [0.15, 0.2) is 0 Å². The zero-order chi connectivity index (χ0) is 16.3. The van der Waals surface area contributed by atoms with Crippen molar-refractivity contribution in [2.75, 3.05) is 11.9 Å². The Morgan fingerprint density at radius 3 is 2.33 bits per heavy atom. The van der Waals surface area contributed by atoms with Crippen LogP contribution in [0.1, 0.15) is 32.8 Å². The standard InChI is InChI=1S/C14H18BrF3N2O/c1-13(2,3)20-12(21)6-7-19-11-5-4-9(8-10(11)15)14(16,17)18/h4-5,8,19H,6-7H2,1-3H3,(H,20,21). The van der Waals surface area contributed by atoms with Crippen LogP contribution in [0.3, 0.4) is 0 Å². The molecule has 0 atom stereocenters. The van der Waals surface area contributed by atoms with Gasteiger partial charge in [0.05, 0.1) is 5.56 Å². The molecule has 0 aliphatic carbocycles. The van der Waals surface area contributed by atoms with Crippen molar-refractivity contribution in [3.63, 3.8) is 0 Å². The summed E-state index contributed by atoms with van der Waals surface area (Å²) in [7, 11) is 0. The van der Waals surface area contributed by atoms with Crippen LogP contribution in [0.25, 0.3) is 0 Å². The fraction of sp³-hybridized carbons (Fsp3) is 0.500. The molecule has 7 heteroatoms. The summed E-state index contributed by atoms with van der Waals surface area (Å²) in [6.07, 6.45) is -4.13. The van der Waals surface area contributed by atoms with E-state index in [1.165, 1.54) is 6.07 Å². The van der Waals surface area contributed by atoms with Crippen molar-refractivity contribution in [3.05, 3.63) is 28.2 Å². The summed E-state index contributed by atoms with van der Waals surface area (Å²) in [6, 6.07) is 3.36. The number of halogens is 4. The van der Waals surface area contributed by atoms with E-state index in [1.54, 1.807) is 0 Å². The maximum Gasteiger partial charge on any atom is 0.416 e. The van der Waals surface area contributed by atoms with Crippen LogP contribution >= 0.6 is 15.9 Å². The van der Waals surface area contributed by atoms with Gasteiger partial charge in [-0.3, -0.25) is 4.79 Å². The molecule has 0 saturated heterocycles. The molecule has 0 aliphatic heterocycles. The molecule has 0 fully saturated rings. The largest absolute Gasteiger partial charge is 0.416 e. The maximum atomic E-state index is 12.5. The highest BCUT2D eigenvalue weighted by atomic mass is 79.9. The smallest absolute Gasteiger partial charge is 0.384 e. The monoisotopic (exact) mass is 366 g/mol. The average Bonchev–Trinajstić information content (AvgIpc) is 2.27. The molecule has 118 valence electrons. The molecular weight excluding hydrogens is 349 g/mol. The molecule has 0 unspecified atom stereocenters. The molecule has 21 heavy (non-hydrogen) atoms. The molecule has 0 radical (unpaired) electrons. The summed E-state index contributed by atoms with van der Waals surface area (Å²) in [5, 5.41) is 5.74.